The van der Waals surface area contributed by atoms with E-state index in [4.69, 9.17) is 9.47 Å². The number of aromatic nitrogens is 1. The maximum absolute atomic E-state index is 13.9. The van der Waals surface area contributed by atoms with Gasteiger partial charge >= 0.3 is 4.87 Å². The minimum absolute atomic E-state index is 0.243. The number of anilines is 2. The number of hydrogen-bond acceptors (Lipinski definition) is 8. The van der Waals surface area contributed by atoms with Crippen molar-refractivity contribution >= 4 is 68.1 Å². The number of ether oxygens (including phenoxy) is 2. The Kier molecular flexibility index (Phi) is 7.69. The van der Waals surface area contributed by atoms with Crippen molar-refractivity contribution in [3.8, 4) is 11.5 Å². The number of nitrogens with zero attached hydrogens (tertiary/aromatic N) is 1. The molecule has 3 unspecified atom stereocenters. The Morgan fingerprint density at radius 2 is 1.79 bits per heavy atom. The number of imide groups is 1. The normalized spacial score (nSPS) is 19.3. The number of hydrogen-bond donors (Lipinski definition) is 2. The largest absolute Gasteiger partial charge is 0.493 e. The number of aryl methyl sites for hydroxylation is 1. The maximum Gasteiger partial charge on any atom is 0.305 e. The van der Waals surface area contributed by atoms with Crippen LogP contribution in [0.5, 0.6) is 11.5 Å². The molecule has 12 heteroatoms. The van der Waals surface area contributed by atoms with E-state index in [-0.39, 0.29) is 29.2 Å². The highest BCUT2D eigenvalue weighted by Crippen LogP contribution is 2.53. The number of carbonyl (C=O) groups excluding carboxylic acids is 3. The summed E-state index contributed by atoms with van der Waals surface area (Å²) in [5, 5.41) is 2.71. The van der Waals surface area contributed by atoms with Gasteiger partial charge in [-0.2, -0.15) is 0 Å². The number of benzene rings is 3. The fraction of sp³-hybridized carbons (Fsp3) is 0.200. The second-order valence-corrected chi connectivity index (χ2v) is 12.9. The molecule has 3 atom stereocenters. The summed E-state index contributed by atoms with van der Waals surface area (Å²) in [6, 6.07) is 19.6. The van der Waals surface area contributed by atoms with Crippen molar-refractivity contribution in [1.82, 2.24) is 4.98 Å². The zero-order valence-electron chi connectivity index (χ0n) is 22.4. The lowest BCUT2D eigenvalue weighted by molar-refractivity contribution is -0.122. The van der Waals surface area contributed by atoms with Crippen LogP contribution in [0.3, 0.4) is 0 Å². The van der Waals surface area contributed by atoms with Gasteiger partial charge in [0.05, 0.1) is 23.7 Å². The van der Waals surface area contributed by atoms with E-state index in [0.717, 1.165) is 21.4 Å². The number of H-pyrrole nitrogens is 1. The quantitative estimate of drug-likeness (QED) is 0.256. The van der Waals surface area contributed by atoms with Crippen molar-refractivity contribution in [2.45, 2.75) is 23.1 Å². The highest BCUT2D eigenvalue weighted by atomic mass is 79.9. The summed E-state index contributed by atoms with van der Waals surface area (Å²) in [7, 11) is 1.48. The van der Waals surface area contributed by atoms with Gasteiger partial charge in [0.15, 0.2) is 18.1 Å². The molecule has 3 aromatic carbocycles. The zero-order valence-corrected chi connectivity index (χ0v) is 25.6. The van der Waals surface area contributed by atoms with E-state index in [1.807, 2.05) is 31.2 Å². The van der Waals surface area contributed by atoms with Gasteiger partial charge in [0.25, 0.3) is 5.91 Å². The number of carbonyl (C=O) groups is 3. The molecule has 9 nitrogen and oxygen atoms in total. The average molecular weight is 667 g/mol. The van der Waals surface area contributed by atoms with Gasteiger partial charge in [-0.1, -0.05) is 63.3 Å². The molecule has 214 valence electrons. The fourth-order valence-corrected chi connectivity index (χ4v) is 8.04. The molecule has 0 spiro atoms. The summed E-state index contributed by atoms with van der Waals surface area (Å²) in [6.45, 7) is 1.66. The van der Waals surface area contributed by atoms with E-state index >= 15 is 0 Å². The summed E-state index contributed by atoms with van der Waals surface area (Å²) < 4.78 is 12.2. The smallest absolute Gasteiger partial charge is 0.305 e. The number of amides is 3. The van der Waals surface area contributed by atoms with Gasteiger partial charge < -0.3 is 19.8 Å². The number of fused-ring (bicyclic) bond motifs is 2. The molecule has 0 saturated carbocycles. The van der Waals surface area contributed by atoms with Crippen molar-refractivity contribution < 1.29 is 23.9 Å². The Bertz CT molecular complexity index is 1770. The van der Waals surface area contributed by atoms with Crippen molar-refractivity contribution in [1.29, 1.82) is 0 Å². The van der Waals surface area contributed by atoms with Crippen LogP contribution in [-0.2, 0) is 14.4 Å². The van der Waals surface area contributed by atoms with Crippen LogP contribution in [0.1, 0.15) is 21.9 Å². The molecule has 1 aromatic heterocycles. The highest BCUT2D eigenvalue weighted by molar-refractivity contribution is 9.10. The number of halogens is 1. The summed E-state index contributed by atoms with van der Waals surface area (Å²) in [5.41, 5.74) is 2.81. The summed E-state index contributed by atoms with van der Waals surface area (Å²) in [6.07, 6.45) is 0. The fourth-order valence-electron chi connectivity index (χ4n) is 5.26. The van der Waals surface area contributed by atoms with Crippen LogP contribution in [0.2, 0.25) is 0 Å². The van der Waals surface area contributed by atoms with Gasteiger partial charge in [-0.15, -0.1) is 0 Å². The lowest BCUT2D eigenvalue weighted by atomic mass is 9.83. The lowest BCUT2D eigenvalue weighted by Crippen LogP contribution is -2.32. The van der Waals surface area contributed by atoms with Gasteiger partial charge in [-0.3, -0.25) is 19.2 Å². The molecule has 6 rings (SSSR count). The van der Waals surface area contributed by atoms with Gasteiger partial charge in [-0.05, 0) is 60.5 Å². The van der Waals surface area contributed by atoms with E-state index in [2.05, 4.69) is 26.2 Å². The van der Waals surface area contributed by atoms with Crippen LogP contribution in [0, 0.1) is 12.8 Å². The Morgan fingerprint density at radius 1 is 1.02 bits per heavy atom. The van der Waals surface area contributed by atoms with Gasteiger partial charge in [0, 0.05) is 21.0 Å². The van der Waals surface area contributed by atoms with E-state index in [9.17, 15) is 19.2 Å². The van der Waals surface area contributed by atoms with Crippen LogP contribution in [0.25, 0.3) is 0 Å². The third-order valence-electron chi connectivity index (χ3n) is 7.23. The Balaban J connectivity index is 1.30. The zero-order chi connectivity index (χ0) is 29.5. The number of nitrogens with one attached hydrogen (secondary N) is 2. The number of thioether (sulfide) groups is 1. The number of rotatable bonds is 7. The third-order valence-corrected chi connectivity index (χ3v) is 10.2. The van der Waals surface area contributed by atoms with Crippen LogP contribution >= 0.6 is 39.0 Å². The third kappa shape index (κ3) is 5.14. The van der Waals surface area contributed by atoms with Crippen molar-refractivity contribution in [3.63, 3.8) is 0 Å². The molecule has 3 heterocycles. The Hall–Kier alpha value is -3.87. The van der Waals surface area contributed by atoms with E-state index in [0.29, 0.717) is 38.3 Å². The monoisotopic (exact) mass is 665 g/mol. The van der Waals surface area contributed by atoms with E-state index in [1.165, 1.54) is 23.8 Å². The molecule has 2 N–H and O–H groups in total. The van der Waals surface area contributed by atoms with E-state index in [1.54, 1.807) is 42.5 Å². The summed E-state index contributed by atoms with van der Waals surface area (Å²) in [5.74, 6) is -1.59. The average Bonchev–Trinajstić information content (AvgIpc) is 3.47. The van der Waals surface area contributed by atoms with Crippen molar-refractivity contribution in [2.75, 3.05) is 23.9 Å². The van der Waals surface area contributed by atoms with Gasteiger partial charge in [0.1, 0.15) is 5.25 Å². The van der Waals surface area contributed by atoms with Crippen molar-refractivity contribution in [2.24, 2.45) is 5.92 Å². The molecule has 0 radical (unpaired) electrons. The number of aromatic amines is 1. The summed E-state index contributed by atoms with van der Waals surface area (Å²) in [4.78, 5) is 57.0. The first-order valence-electron chi connectivity index (χ1n) is 12.9. The van der Waals surface area contributed by atoms with Gasteiger partial charge in [0.2, 0.25) is 11.8 Å². The molecule has 1 fully saturated rings. The molecule has 2 aliphatic heterocycles. The number of methoxy groups -OCH3 is 1. The molecule has 42 heavy (non-hydrogen) atoms. The number of thiazole rings is 1. The predicted molar refractivity (Wildman–Crippen MR) is 165 cm³/mol. The first kappa shape index (κ1) is 28.3. The Morgan fingerprint density at radius 3 is 2.52 bits per heavy atom. The standard InChI is InChI=1S/C30H24BrN3O6S2/c1-15-5-3-4-6-19(15)32-22(35)14-40-20-12-7-16(13-21(20)39-2)23-24-26(41-27-25(23)42-30(38)33-27)29(37)34(28(24)36)18-10-8-17(31)9-11-18/h3-13,23-24,26H,14H2,1-2H3,(H,32,35)(H,33,38). The van der Waals surface area contributed by atoms with Crippen LogP contribution in [0.15, 0.2) is 81.0 Å². The van der Waals surface area contributed by atoms with Crippen molar-refractivity contribution in [3.05, 3.63) is 96.9 Å². The van der Waals surface area contributed by atoms with E-state index < -0.39 is 17.1 Å². The lowest BCUT2D eigenvalue weighted by Gasteiger charge is -2.30. The minimum atomic E-state index is -0.735. The SMILES string of the molecule is COc1cc(C2c3sc(=O)[nH]c3SC3C(=O)N(c4ccc(Br)cc4)C(=O)C32)ccc1OCC(=O)Nc1ccccc1C. The molecular formula is C30H24BrN3O6S2. The molecule has 0 aliphatic carbocycles. The topological polar surface area (TPSA) is 118 Å². The highest BCUT2D eigenvalue weighted by Gasteiger charge is 2.56. The molecule has 0 bridgehead atoms. The van der Waals surface area contributed by atoms with Crippen LogP contribution in [-0.4, -0.2) is 41.7 Å². The minimum Gasteiger partial charge on any atom is -0.493 e. The Labute approximate surface area is 257 Å². The molecule has 2 aliphatic rings. The van der Waals surface area contributed by atoms with Gasteiger partial charge in [-0.25, -0.2) is 4.90 Å². The van der Waals surface area contributed by atoms with Crippen LogP contribution < -0.4 is 24.6 Å². The number of para-hydroxylation sites is 1. The van der Waals surface area contributed by atoms with Crippen LogP contribution in [0.4, 0.5) is 11.4 Å². The predicted octanol–water partition coefficient (Wildman–Crippen LogP) is 5.33. The second kappa shape index (κ2) is 11.4. The molecule has 3 amide bonds. The summed E-state index contributed by atoms with van der Waals surface area (Å²) >= 11 is 5.65. The maximum atomic E-state index is 13.9. The molecular weight excluding hydrogens is 642 g/mol. The second-order valence-electron chi connectivity index (χ2n) is 9.80. The first-order chi connectivity index (χ1) is 20.2. The molecule has 1 saturated heterocycles. The first-order valence-corrected chi connectivity index (χ1v) is 15.4. The molecule has 4 aromatic rings.